The van der Waals surface area contributed by atoms with Crippen molar-refractivity contribution in [3.63, 3.8) is 0 Å². The average molecular weight is 358 g/mol. The van der Waals surface area contributed by atoms with Crippen molar-refractivity contribution in [1.82, 2.24) is 29.8 Å². The number of amides is 2. The van der Waals surface area contributed by atoms with Crippen LogP contribution in [-0.4, -0.2) is 49.4 Å². The van der Waals surface area contributed by atoms with Crippen molar-refractivity contribution >= 4 is 11.8 Å². The third kappa shape index (κ3) is 3.23. The zero-order chi connectivity index (χ0) is 19.0. The van der Waals surface area contributed by atoms with Crippen LogP contribution in [0.3, 0.4) is 0 Å². The van der Waals surface area contributed by atoms with Crippen molar-refractivity contribution in [2.24, 2.45) is 14.1 Å². The first kappa shape index (κ1) is 18.2. The molecule has 0 aromatic carbocycles. The minimum atomic E-state index is -0.249. The summed E-state index contributed by atoms with van der Waals surface area (Å²) >= 11 is 0. The van der Waals surface area contributed by atoms with E-state index in [4.69, 9.17) is 0 Å². The van der Waals surface area contributed by atoms with Crippen LogP contribution in [0.25, 0.3) is 0 Å². The van der Waals surface area contributed by atoms with Gasteiger partial charge in [-0.3, -0.25) is 19.0 Å². The Morgan fingerprint density at radius 2 is 2.00 bits per heavy atom. The lowest BCUT2D eigenvalue weighted by Crippen LogP contribution is -2.51. The number of carbonyl (C=O) groups excluding carboxylic acids is 2. The molecule has 0 bridgehead atoms. The highest BCUT2D eigenvalue weighted by Gasteiger charge is 2.37. The minimum absolute atomic E-state index is 0.0710. The van der Waals surface area contributed by atoms with Crippen LogP contribution in [0.15, 0.2) is 18.3 Å². The lowest BCUT2D eigenvalue weighted by Gasteiger charge is -2.39. The Bertz CT molecular complexity index is 822. The van der Waals surface area contributed by atoms with Gasteiger partial charge in [-0.05, 0) is 24.5 Å². The van der Waals surface area contributed by atoms with Crippen molar-refractivity contribution in [2.45, 2.75) is 44.7 Å². The first-order chi connectivity index (χ1) is 12.3. The average Bonchev–Trinajstić information content (AvgIpc) is 3.17. The SMILES string of the molecule is CC(C)c1cc(C(=O)N[C@@H]2CCC(=O)N(C)[C@H]2c2ccnn2C)nn1C. The Labute approximate surface area is 153 Å². The maximum atomic E-state index is 12.8. The van der Waals surface area contributed by atoms with Gasteiger partial charge in [0, 0.05) is 39.5 Å². The van der Waals surface area contributed by atoms with E-state index in [0.717, 1.165) is 11.4 Å². The summed E-state index contributed by atoms with van der Waals surface area (Å²) in [6.45, 7) is 4.14. The summed E-state index contributed by atoms with van der Waals surface area (Å²) in [5.41, 5.74) is 2.31. The van der Waals surface area contributed by atoms with E-state index in [1.165, 1.54) is 0 Å². The molecule has 2 atom stereocenters. The molecule has 2 aromatic heterocycles. The van der Waals surface area contributed by atoms with Gasteiger partial charge in [0.2, 0.25) is 5.91 Å². The maximum Gasteiger partial charge on any atom is 0.272 e. The van der Waals surface area contributed by atoms with Gasteiger partial charge < -0.3 is 10.2 Å². The fourth-order valence-electron chi connectivity index (χ4n) is 3.64. The number of nitrogens with zero attached hydrogens (tertiary/aromatic N) is 5. The lowest BCUT2D eigenvalue weighted by molar-refractivity contribution is -0.136. The van der Waals surface area contributed by atoms with Gasteiger partial charge in [0.05, 0.1) is 17.8 Å². The molecular formula is C18H26N6O2. The summed E-state index contributed by atoms with van der Waals surface area (Å²) in [5, 5.41) is 11.6. The highest BCUT2D eigenvalue weighted by atomic mass is 16.2. The Morgan fingerprint density at radius 1 is 1.27 bits per heavy atom. The number of nitrogens with one attached hydrogen (secondary N) is 1. The van der Waals surface area contributed by atoms with Gasteiger partial charge in [-0.2, -0.15) is 10.2 Å². The Morgan fingerprint density at radius 3 is 2.58 bits per heavy atom. The van der Waals surface area contributed by atoms with Crippen LogP contribution in [0, 0.1) is 0 Å². The summed E-state index contributed by atoms with van der Waals surface area (Å²) in [4.78, 5) is 26.7. The Hall–Kier alpha value is -2.64. The number of hydrogen-bond donors (Lipinski definition) is 1. The standard InChI is InChI=1S/C18H26N6O2/c1-11(2)15-10-13(21-24(15)5)18(26)20-12-6-7-16(25)22(3)17(12)14-8-9-19-23(14)4/h8-12,17H,6-7H2,1-5H3,(H,20,26)/t12-,17-/m1/s1. The molecule has 2 amide bonds. The molecule has 1 aliphatic rings. The molecule has 0 saturated carbocycles. The summed E-state index contributed by atoms with van der Waals surface area (Å²) in [7, 11) is 5.46. The molecule has 26 heavy (non-hydrogen) atoms. The van der Waals surface area contributed by atoms with Gasteiger partial charge in [0.25, 0.3) is 5.91 Å². The van der Waals surface area contributed by atoms with Crippen LogP contribution in [0.2, 0.25) is 0 Å². The second-order valence-electron chi connectivity index (χ2n) is 7.18. The van der Waals surface area contributed by atoms with Crippen LogP contribution in [-0.2, 0) is 18.9 Å². The van der Waals surface area contributed by atoms with Gasteiger partial charge in [0.1, 0.15) is 5.69 Å². The summed E-state index contributed by atoms with van der Waals surface area (Å²) in [5.74, 6) is 0.142. The zero-order valence-corrected chi connectivity index (χ0v) is 15.9. The molecule has 1 fully saturated rings. The number of aryl methyl sites for hydroxylation is 2. The van der Waals surface area contributed by atoms with Crippen molar-refractivity contribution in [3.8, 4) is 0 Å². The lowest BCUT2D eigenvalue weighted by atomic mass is 9.93. The van der Waals surface area contributed by atoms with Gasteiger partial charge in [-0.25, -0.2) is 0 Å². The second-order valence-corrected chi connectivity index (χ2v) is 7.18. The fourth-order valence-corrected chi connectivity index (χ4v) is 3.64. The van der Waals surface area contributed by atoms with E-state index in [9.17, 15) is 9.59 Å². The highest BCUT2D eigenvalue weighted by molar-refractivity contribution is 5.93. The molecule has 1 N–H and O–H groups in total. The molecule has 3 rings (SSSR count). The Kier molecular flexibility index (Phi) is 4.84. The van der Waals surface area contributed by atoms with Gasteiger partial charge in [0.15, 0.2) is 0 Å². The van der Waals surface area contributed by atoms with E-state index in [-0.39, 0.29) is 29.8 Å². The number of rotatable bonds is 4. The molecular weight excluding hydrogens is 332 g/mol. The van der Waals surface area contributed by atoms with Crippen LogP contribution < -0.4 is 5.32 Å². The monoisotopic (exact) mass is 358 g/mol. The molecule has 2 aromatic rings. The fraction of sp³-hybridized carbons (Fsp3) is 0.556. The van der Waals surface area contributed by atoms with E-state index in [1.807, 2.05) is 26.2 Å². The number of carbonyl (C=O) groups is 2. The van der Waals surface area contributed by atoms with E-state index in [2.05, 4.69) is 29.4 Å². The van der Waals surface area contributed by atoms with Crippen LogP contribution in [0.4, 0.5) is 0 Å². The first-order valence-electron chi connectivity index (χ1n) is 8.88. The van der Waals surface area contributed by atoms with E-state index in [0.29, 0.717) is 18.5 Å². The summed E-state index contributed by atoms with van der Waals surface area (Å²) in [6, 6.07) is 3.28. The summed E-state index contributed by atoms with van der Waals surface area (Å²) in [6.07, 6.45) is 2.71. The summed E-state index contributed by atoms with van der Waals surface area (Å²) < 4.78 is 3.49. The number of aromatic nitrogens is 4. The molecule has 0 radical (unpaired) electrons. The third-order valence-electron chi connectivity index (χ3n) is 5.08. The number of likely N-dealkylation sites (tertiary alicyclic amines) is 1. The van der Waals surface area contributed by atoms with Crippen LogP contribution in [0.1, 0.15) is 60.5 Å². The number of likely N-dealkylation sites (N-methyl/N-ethyl adjacent to an activating group) is 1. The smallest absolute Gasteiger partial charge is 0.272 e. The minimum Gasteiger partial charge on any atom is -0.345 e. The third-order valence-corrected chi connectivity index (χ3v) is 5.08. The van der Waals surface area contributed by atoms with Gasteiger partial charge in [-0.1, -0.05) is 13.8 Å². The highest BCUT2D eigenvalue weighted by Crippen LogP contribution is 2.30. The van der Waals surface area contributed by atoms with Gasteiger partial charge >= 0.3 is 0 Å². The van der Waals surface area contributed by atoms with Crippen LogP contribution >= 0.6 is 0 Å². The number of hydrogen-bond acceptors (Lipinski definition) is 4. The predicted octanol–water partition coefficient (Wildman–Crippen LogP) is 1.37. The Balaban J connectivity index is 1.84. The maximum absolute atomic E-state index is 12.8. The van der Waals surface area contributed by atoms with Gasteiger partial charge in [-0.15, -0.1) is 0 Å². The topological polar surface area (TPSA) is 85.1 Å². The molecule has 8 nitrogen and oxygen atoms in total. The van der Waals surface area contributed by atoms with E-state index >= 15 is 0 Å². The van der Waals surface area contributed by atoms with Crippen molar-refractivity contribution in [3.05, 3.63) is 35.4 Å². The molecule has 0 spiro atoms. The molecule has 8 heteroatoms. The van der Waals surface area contributed by atoms with Crippen molar-refractivity contribution in [1.29, 1.82) is 0 Å². The normalized spacial score (nSPS) is 20.7. The van der Waals surface area contributed by atoms with Crippen molar-refractivity contribution in [2.75, 3.05) is 7.05 Å². The molecule has 0 aliphatic carbocycles. The predicted molar refractivity (Wildman–Crippen MR) is 96.5 cm³/mol. The quantitative estimate of drug-likeness (QED) is 0.894. The van der Waals surface area contributed by atoms with Crippen LogP contribution in [0.5, 0.6) is 0 Å². The molecule has 1 saturated heterocycles. The largest absolute Gasteiger partial charge is 0.345 e. The van der Waals surface area contributed by atoms with Crippen molar-refractivity contribution < 1.29 is 9.59 Å². The molecule has 3 heterocycles. The molecule has 0 unspecified atom stereocenters. The second kappa shape index (κ2) is 6.93. The van der Waals surface area contributed by atoms with E-state index in [1.54, 1.807) is 27.5 Å². The number of piperidine rings is 1. The first-order valence-corrected chi connectivity index (χ1v) is 8.88. The molecule has 1 aliphatic heterocycles. The van der Waals surface area contributed by atoms with E-state index < -0.39 is 0 Å². The zero-order valence-electron chi connectivity index (χ0n) is 15.9. The molecule has 140 valence electrons.